The van der Waals surface area contributed by atoms with E-state index in [0.717, 1.165) is 5.69 Å². The minimum atomic E-state index is 0.878. The Balaban J connectivity index is 2.16. The second-order valence-corrected chi connectivity index (χ2v) is 3.60. The van der Waals surface area contributed by atoms with Gasteiger partial charge in [0, 0.05) is 18.8 Å². The molecule has 1 aromatic carbocycles. The van der Waals surface area contributed by atoms with Crippen LogP contribution in [0.3, 0.4) is 0 Å². The average molecular weight is 204 g/mol. The van der Waals surface area contributed by atoms with Crippen molar-refractivity contribution >= 4 is 28.8 Å². The molecule has 0 amide bonds. The number of benzene rings is 1. The molecule has 0 aliphatic carbocycles. The van der Waals surface area contributed by atoms with E-state index in [1.165, 1.54) is 31.6 Å². The first kappa shape index (κ1) is 9.38. The summed E-state index contributed by atoms with van der Waals surface area (Å²) >= 11 is 4.55. The Hall–Kier alpha value is -1.18. The molecule has 0 spiro atoms. The molecule has 0 atom stereocenters. The largest absolute Gasteiger partial charge is 0.372 e. The van der Waals surface area contributed by atoms with Crippen LogP contribution in [0.25, 0.3) is 0 Å². The molecule has 0 saturated carbocycles. The second kappa shape index (κ2) is 4.36. The summed E-state index contributed by atoms with van der Waals surface area (Å²) in [6, 6.07) is 8.15. The molecule has 1 aromatic rings. The van der Waals surface area contributed by atoms with Crippen molar-refractivity contribution < 1.29 is 0 Å². The van der Waals surface area contributed by atoms with E-state index in [1.54, 1.807) is 0 Å². The van der Waals surface area contributed by atoms with Gasteiger partial charge in [0.1, 0.15) is 0 Å². The molecule has 1 fully saturated rings. The summed E-state index contributed by atoms with van der Waals surface area (Å²) in [5.41, 5.74) is 2.16. The van der Waals surface area contributed by atoms with Crippen LogP contribution in [0.15, 0.2) is 29.3 Å². The summed E-state index contributed by atoms with van der Waals surface area (Å²) in [5.74, 6) is 0. The lowest BCUT2D eigenvalue weighted by molar-refractivity contribution is 0.949. The zero-order valence-corrected chi connectivity index (χ0v) is 8.76. The lowest BCUT2D eigenvalue weighted by Gasteiger charge is -2.17. The van der Waals surface area contributed by atoms with Gasteiger partial charge in [-0.2, -0.15) is 4.99 Å². The number of hydrogen-bond acceptors (Lipinski definition) is 3. The minimum absolute atomic E-state index is 0.878. The van der Waals surface area contributed by atoms with Crippen LogP contribution in [0.2, 0.25) is 0 Å². The number of hydrogen-bond donors (Lipinski definition) is 0. The van der Waals surface area contributed by atoms with Crippen molar-refractivity contribution in [3.8, 4) is 0 Å². The zero-order valence-electron chi connectivity index (χ0n) is 7.94. The summed E-state index contributed by atoms with van der Waals surface area (Å²) in [6.45, 7) is 2.35. The molecule has 2 nitrogen and oxygen atoms in total. The smallest absolute Gasteiger partial charge is 0.0741 e. The molecule has 14 heavy (non-hydrogen) atoms. The van der Waals surface area contributed by atoms with Crippen LogP contribution in [0.4, 0.5) is 11.4 Å². The Morgan fingerprint density at radius 2 is 1.79 bits per heavy atom. The van der Waals surface area contributed by atoms with Crippen molar-refractivity contribution in [2.75, 3.05) is 18.0 Å². The van der Waals surface area contributed by atoms with Crippen molar-refractivity contribution in [2.45, 2.75) is 12.8 Å². The fourth-order valence-corrected chi connectivity index (χ4v) is 1.87. The molecule has 1 aliphatic heterocycles. The molecule has 2 rings (SSSR count). The van der Waals surface area contributed by atoms with Crippen molar-refractivity contribution in [1.29, 1.82) is 0 Å². The standard InChI is InChI=1S/C11H12N2S/c14-9-12-10-3-5-11(6-4-10)13-7-1-2-8-13/h3-6H,1-2,7-8H2. The Kier molecular flexibility index (Phi) is 2.92. The third-order valence-corrected chi connectivity index (χ3v) is 2.59. The van der Waals surface area contributed by atoms with Crippen LogP contribution in [-0.4, -0.2) is 18.3 Å². The molecule has 72 valence electrons. The van der Waals surface area contributed by atoms with Gasteiger partial charge in [-0.3, -0.25) is 0 Å². The van der Waals surface area contributed by atoms with Crippen molar-refractivity contribution in [1.82, 2.24) is 0 Å². The van der Waals surface area contributed by atoms with E-state index >= 15 is 0 Å². The van der Waals surface area contributed by atoms with E-state index in [9.17, 15) is 0 Å². The summed E-state index contributed by atoms with van der Waals surface area (Å²) in [4.78, 5) is 6.31. The lowest BCUT2D eigenvalue weighted by Crippen LogP contribution is -2.17. The summed E-state index contributed by atoms with van der Waals surface area (Å²) in [7, 11) is 0. The first-order valence-electron chi connectivity index (χ1n) is 4.83. The summed E-state index contributed by atoms with van der Waals surface area (Å²) in [6.07, 6.45) is 2.61. The van der Waals surface area contributed by atoms with E-state index in [1.807, 2.05) is 12.1 Å². The molecule has 0 bridgehead atoms. The predicted molar refractivity (Wildman–Crippen MR) is 62.6 cm³/mol. The van der Waals surface area contributed by atoms with Gasteiger partial charge >= 0.3 is 0 Å². The van der Waals surface area contributed by atoms with E-state index in [0.29, 0.717) is 0 Å². The molecule has 1 aliphatic rings. The third kappa shape index (κ3) is 2.00. The van der Waals surface area contributed by atoms with E-state index in [2.05, 4.69) is 39.4 Å². The number of nitrogens with zero attached hydrogens (tertiary/aromatic N) is 2. The molecule has 1 saturated heterocycles. The van der Waals surface area contributed by atoms with Crippen LogP contribution in [0, 0.1) is 0 Å². The summed E-state index contributed by atoms with van der Waals surface area (Å²) < 4.78 is 0. The third-order valence-electron chi connectivity index (χ3n) is 2.50. The molecule has 1 heterocycles. The van der Waals surface area contributed by atoms with Crippen molar-refractivity contribution in [3.63, 3.8) is 0 Å². The Morgan fingerprint density at radius 3 is 2.36 bits per heavy atom. The van der Waals surface area contributed by atoms with Gasteiger partial charge in [-0.25, -0.2) is 0 Å². The van der Waals surface area contributed by atoms with E-state index < -0.39 is 0 Å². The van der Waals surface area contributed by atoms with Crippen LogP contribution in [0.1, 0.15) is 12.8 Å². The van der Waals surface area contributed by atoms with E-state index in [-0.39, 0.29) is 0 Å². The highest BCUT2D eigenvalue weighted by molar-refractivity contribution is 7.78. The number of anilines is 1. The van der Waals surface area contributed by atoms with Gasteiger partial charge in [0.15, 0.2) is 0 Å². The highest BCUT2D eigenvalue weighted by atomic mass is 32.1. The molecule has 0 N–H and O–H groups in total. The summed E-state index contributed by atoms with van der Waals surface area (Å²) in [5, 5.41) is 2.37. The molecule has 0 unspecified atom stereocenters. The molecule has 0 radical (unpaired) electrons. The van der Waals surface area contributed by atoms with Gasteiger partial charge in [0.05, 0.1) is 10.8 Å². The van der Waals surface area contributed by atoms with Gasteiger partial charge in [0.2, 0.25) is 0 Å². The highest BCUT2D eigenvalue weighted by Crippen LogP contribution is 2.22. The maximum absolute atomic E-state index is 4.55. The van der Waals surface area contributed by atoms with Gasteiger partial charge in [-0.15, -0.1) is 0 Å². The van der Waals surface area contributed by atoms with Gasteiger partial charge in [-0.1, -0.05) is 0 Å². The molecular weight excluding hydrogens is 192 g/mol. The topological polar surface area (TPSA) is 15.6 Å². The monoisotopic (exact) mass is 204 g/mol. The van der Waals surface area contributed by atoms with E-state index in [4.69, 9.17) is 0 Å². The Bertz CT molecular complexity index is 346. The number of aliphatic imine (C=N–C) groups is 1. The molecule has 0 aromatic heterocycles. The highest BCUT2D eigenvalue weighted by Gasteiger charge is 2.11. The first-order valence-corrected chi connectivity index (χ1v) is 5.24. The minimum Gasteiger partial charge on any atom is -0.372 e. The van der Waals surface area contributed by atoms with Gasteiger partial charge in [0.25, 0.3) is 0 Å². The van der Waals surface area contributed by atoms with Gasteiger partial charge in [-0.05, 0) is 49.3 Å². The fraction of sp³-hybridized carbons (Fsp3) is 0.364. The second-order valence-electron chi connectivity index (χ2n) is 3.41. The van der Waals surface area contributed by atoms with Crippen LogP contribution in [-0.2, 0) is 0 Å². The maximum atomic E-state index is 4.55. The Morgan fingerprint density at radius 1 is 1.14 bits per heavy atom. The normalized spacial score (nSPS) is 15.3. The van der Waals surface area contributed by atoms with Crippen LogP contribution in [0.5, 0.6) is 0 Å². The molecular formula is C11H12N2S. The van der Waals surface area contributed by atoms with Crippen LogP contribution >= 0.6 is 12.2 Å². The van der Waals surface area contributed by atoms with Gasteiger partial charge < -0.3 is 4.90 Å². The number of isothiocyanates is 1. The predicted octanol–water partition coefficient (Wildman–Crippen LogP) is 3.02. The quantitative estimate of drug-likeness (QED) is 0.543. The fourth-order valence-electron chi connectivity index (χ4n) is 1.77. The Labute approximate surface area is 89.3 Å². The maximum Gasteiger partial charge on any atom is 0.0741 e. The number of rotatable bonds is 2. The SMILES string of the molecule is S=C=Nc1ccc(N2CCCC2)cc1. The van der Waals surface area contributed by atoms with Crippen molar-refractivity contribution in [3.05, 3.63) is 24.3 Å². The average Bonchev–Trinajstić information content (AvgIpc) is 2.72. The molecule has 3 heteroatoms. The number of thiocarbonyl (C=S) groups is 1. The zero-order chi connectivity index (χ0) is 9.80. The first-order chi connectivity index (χ1) is 6.90. The lowest BCUT2D eigenvalue weighted by atomic mass is 10.2. The van der Waals surface area contributed by atoms with Crippen LogP contribution < -0.4 is 4.90 Å². The van der Waals surface area contributed by atoms with Crippen molar-refractivity contribution in [2.24, 2.45) is 4.99 Å².